The van der Waals surface area contributed by atoms with Crippen molar-refractivity contribution >= 4 is 16.0 Å². The molecule has 1 unspecified atom stereocenters. The van der Waals surface area contributed by atoms with Gasteiger partial charge in [0.15, 0.2) is 11.8 Å². The van der Waals surface area contributed by atoms with Crippen molar-refractivity contribution in [2.75, 3.05) is 33.5 Å². The summed E-state index contributed by atoms with van der Waals surface area (Å²) in [6, 6.07) is 0.166. The molecule has 152 valence electrons. The van der Waals surface area contributed by atoms with Crippen LogP contribution in [0.15, 0.2) is 4.99 Å². The van der Waals surface area contributed by atoms with Gasteiger partial charge in [-0.3, -0.25) is 4.99 Å². The second-order valence-electron chi connectivity index (χ2n) is 7.06. The summed E-state index contributed by atoms with van der Waals surface area (Å²) in [5.41, 5.74) is 0. The van der Waals surface area contributed by atoms with Gasteiger partial charge in [0, 0.05) is 45.8 Å². The van der Waals surface area contributed by atoms with Crippen LogP contribution in [0, 0.1) is 0 Å². The predicted molar refractivity (Wildman–Crippen MR) is 102 cm³/mol. The van der Waals surface area contributed by atoms with Crippen LogP contribution in [-0.4, -0.2) is 79.0 Å². The van der Waals surface area contributed by atoms with Gasteiger partial charge in [-0.25, -0.2) is 18.1 Å². The second kappa shape index (κ2) is 8.53. The molecule has 1 fully saturated rings. The molecule has 1 aromatic heterocycles. The Kier molecular flexibility index (Phi) is 6.33. The van der Waals surface area contributed by atoms with Gasteiger partial charge in [-0.1, -0.05) is 0 Å². The summed E-state index contributed by atoms with van der Waals surface area (Å²) in [6.45, 7) is 2.27. The molecule has 1 saturated heterocycles. The summed E-state index contributed by atoms with van der Waals surface area (Å²) in [5.74, 6) is 2.37. The van der Waals surface area contributed by atoms with Gasteiger partial charge < -0.3 is 15.4 Å². The Morgan fingerprint density at radius 3 is 2.93 bits per heavy atom. The third-order valence-corrected chi connectivity index (χ3v) is 6.33. The number of sulfonamides is 1. The number of aryl methyl sites for hydroxylation is 1. The average Bonchev–Trinajstić information content (AvgIpc) is 3.24. The van der Waals surface area contributed by atoms with Gasteiger partial charge in [0.05, 0.1) is 12.8 Å². The molecule has 2 N–H and O–H groups in total. The lowest BCUT2D eigenvalue weighted by atomic mass is 10.1. The molecule has 0 radical (unpaired) electrons. The first kappa shape index (κ1) is 20.0. The number of nitrogens with zero attached hydrogens (tertiary/aromatic N) is 5. The first-order valence-electron chi connectivity index (χ1n) is 9.26. The molecule has 1 aromatic rings. The number of nitrogens with one attached hydrogen (secondary N) is 2. The number of methoxy groups -OCH3 is 1. The number of hydrogen-bond acceptors (Lipinski definition) is 6. The SMILES string of the molecule is CN=C(NC[C@H]1CCCN1S(C)(=O)=O)NC1CCc2nc(COC)nn2C1. The van der Waals surface area contributed by atoms with E-state index in [1.54, 1.807) is 18.5 Å². The number of aromatic nitrogens is 3. The van der Waals surface area contributed by atoms with Crippen LogP contribution >= 0.6 is 0 Å². The predicted octanol–water partition coefficient (Wildman–Crippen LogP) is -0.672. The lowest BCUT2D eigenvalue weighted by Gasteiger charge is -2.27. The van der Waals surface area contributed by atoms with Crippen molar-refractivity contribution in [2.45, 2.75) is 50.9 Å². The fourth-order valence-corrected chi connectivity index (χ4v) is 4.90. The molecule has 2 atom stereocenters. The topological polar surface area (TPSA) is 114 Å². The Balaban J connectivity index is 1.53. The summed E-state index contributed by atoms with van der Waals surface area (Å²) in [5, 5.41) is 11.2. The van der Waals surface area contributed by atoms with E-state index in [9.17, 15) is 8.42 Å². The molecule has 0 amide bonds. The lowest BCUT2D eigenvalue weighted by Crippen LogP contribution is -2.50. The van der Waals surface area contributed by atoms with Gasteiger partial charge in [0.1, 0.15) is 12.4 Å². The highest BCUT2D eigenvalue weighted by Gasteiger charge is 2.31. The highest BCUT2D eigenvalue weighted by Crippen LogP contribution is 2.19. The monoisotopic (exact) mass is 399 g/mol. The van der Waals surface area contributed by atoms with Crippen LogP contribution in [0.3, 0.4) is 0 Å². The van der Waals surface area contributed by atoms with E-state index in [1.165, 1.54) is 6.26 Å². The molecule has 0 bridgehead atoms. The summed E-state index contributed by atoms with van der Waals surface area (Å²) in [7, 11) is 0.190. The molecule has 0 saturated carbocycles. The van der Waals surface area contributed by atoms with Gasteiger partial charge in [-0.05, 0) is 19.3 Å². The molecule has 2 aliphatic heterocycles. The zero-order valence-corrected chi connectivity index (χ0v) is 17.0. The van der Waals surface area contributed by atoms with Gasteiger partial charge in [0.2, 0.25) is 10.0 Å². The van der Waals surface area contributed by atoms with E-state index in [0.717, 1.165) is 31.5 Å². The van der Waals surface area contributed by atoms with Crippen molar-refractivity contribution in [1.29, 1.82) is 0 Å². The van der Waals surface area contributed by atoms with Crippen LogP contribution in [0.25, 0.3) is 0 Å². The van der Waals surface area contributed by atoms with Crippen LogP contribution in [0.2, 0.25) is 0 Å². The highest BCUT2D eigenvalue weighted by molar-refractivity contribution is 7.88. The summed E-state index contributed by atoms with van der Waals surface area (Å²) >= 11 is 0. The van der Waals surface area contributed by atoms with Crippen molar-refractivity contribution in [3.63, 3.8) is 0 Å². The smallest absolute Gasteiger partial charge is 0.211 e. The molecule has 10 nitrogen and oxygen atoms in total. The largest absolute Gasteiger partial charge is 0.377 e. The first-order valence-corrected chi connectivity index (χ1v) is 11.1. The van der Waals surface area contributed by atoms with E-state index in [2.05, 4.69) is 25.7 Å². The minimum Gasteiger partial charge on any atom is -0.377 e. The van der Waals surface area contributed by atoms with E-state index >= 15 is 0 Å². The summed E-state index contributed by atoms with van der Waals surface area (Å²) < 4.78 is 32.3. The Morgan fingerprint density at radius 1 is 1.41 bits per heavy atom. The van der Waals surface area contributed by atoms with Crippen molar-refractivity contribution in [3.8, 4) is 0 Å². The molecule has 0 aromatic carbocycles. The van der Waals surface area contributed by atoms with Gasteiger partial charge in [0.25, 0.3) is 0 Å². The highest BCUT2D eigenvalue weighted by atomic mass is 32.2. The number of ether oxygens (including phenoxy) is 1. The van der Waals surface area contributed by atoms with E-state index in [1.807, 2.05) is 4.68 Å². The lowest BCUT2D eigenvalue weighted by molar-refractivity contribution is 0.177. The van der Waals surface area contributed by atoms with E-state index in [4.69, 9.17) is 4.74 Å². The fraction of sp³-hybridized carbons (Fsp3) is 0.812. The first-order chi connectivity index (χ1) is 12.9. The molecule has 0 aliphatic carbocycles. The number of rotatable bonds is 6. The molecule has 3 heterocycles. The van der Waals surface area contributed by atoms with Crippen molar-refractivity contribution in [2.24, 2.45) is 4.99 Å². The molecule has 3 rings (SSSR count). The van der Waals surface area contributed by atoms with Gasteiger partial charge >= 0.3 is 0 Å². The molecule has 11 heteroatoms. The minimum atomic E-state index is -3.17. The average molecular weight is 400 g/mol. The van der Waals surface area contributed by atoms with Crippen LogP contribution < -0.4 is 10.6 Å². The number of fused-ring (bicyclic) bond motifs is 1. The summed E-state index contributed by atoms with van der Waals surface area (Å²) in [6.07, 6.45) is 4.81. The van der Waals surface area contributed by atoms with Crippen molar-refractivity contribution in [1.82, 2.24) is 29.7 Å². The molecule has 2 aliphatic rings. The second-order valence-corrected chi connectivity index (χ2v) is 9.00. The van der Waals surface area contributed by atoms with E-state index < -0.39 is 10.0 Å². The van der Waals surface area contributed by atoms with E-state index in [-0.39, 0.29) is 12.1 Å². The van der Waals surface area contributed by atoms with Crippen LogP contribution in [0.1, 0.15) is 30.9 Å². The molecule has 27 heavy (non-hydrogen) atoms. The normalized spacial score (nSPS) is 24.0. The number of hydrogen-bond donors (Lipinski definition) is 2. The Morgan fingerprint density at radius 2 is 2.22 bits per heavy atom. The maximum atomic E-state index is 11.9. The minimum absolute atomic E-state index is 0.0246. The van der Waals surface area contributed by atoms with Crippen LogP contribution in [-0.2, 0) is 34.3 Å². The van der Waals surface area contributed by atoms with Crippen molar-refractivity contribution in [3.05, 3.63) is 11.6 Å². The van der Waals surface area contributed by atoms with E-state index in [0.29, 0.717) is 38.0 Å². The standard InChI is InChI=1S/C16H29N7O3S/c1-17-16(18-9-13-5-4-8-23(13)27(3,24)25)19-12-6-7-15-20-14(11-26-2)21-22(15)10-12/h12-13H,4-11H2,1-3H3,(H2,17,18,19)/t12?,13-/m1/s1. The molecule has 0 spiro atoms. The third-order valence-electron chi connectivity index (χ3n) is 4.99. The maximum absolute atomic E-state index is 11.9. The quantitative estimate of drug-likeness (QED) is 0.482. The Hall–Kier alpha value is -1.72. The third kappa shape index (κ3) is 4.96. The zero-order valence-electron chi connectivity index (χ0n) is 16.2. The van der Waals surface area contributed by atoms with Crippen LogP contribution in [0.5, 0.6) is 0 Å². The van der Waals surface area contributed by atoms with Crippen molar-refractivity contribution < 1.29 is 13.2 Å². The maximum Gasteiger partial charge on any atom is 0.211 e. The van der Waals surface area contributed by atoms with Gasteiger partial charge in [-0.15, -0.1) is 0 Å². The molecular formula is C16H29N7O3S. The number of aliphatic imine (C=N–C) groups is 1. The Bertz CT molecular complexity index is 777. The zero-order chi connectivity index (χ0) is 19.4. The fourth-order valence-electron chi connectivity index (χ4n) is 3.72. The summed E-state index contributed by atoms with van der Waals surface area (Å²) in [4.78, 5) is 8.77. The number of guanidine groups is 1. The molecular weight excluding hydrogens is 370 g/mol. The van der Waals surface area contributed by atoms with Crippen LogP contribution in [0.4, 0.5) is 0 Å². The van der Waals surface area contributed by atoms with Gasteiger partial charge in [-0.2, -0.15) is 9.40 Å². The Labute approximate surface area is 160 Å².